The fraction of sp³-hybridized carbons (Fsp3) is 0.500. The molecule has 1 N–H and O–H groups in total. The Morgan fingerprint density at radius 3 is 2.81 bits per heavy atom. The highest BCUT2D eigenvalue weighted by Crippen LogP contribution is 2.42. The van der Waals surface area contributed by atoms with Crippen molar-refractivity contribution in [3.05, 3.63) is 35.7 Å². The van der Waals surface area contributed by atoms with Crippen LogP contribution in [-0.4, -0.2) is 23.0 Å². The minimum Gasteiger partial charge on any atom is -0.497 e. The molecule has 1 aliphatic rings. The molecule has 0 saturated heterocycles. The summed E-state index contributed by atoms with van der Waals surface area (Å²) in [6, 6.07) is 8.50. The second kappa shape index (κ2) is 6.02. The summed E-state index contributed by atoms with van der Waals surface area (Å²) in [5.74, 6) is 1.77. The van der Waals surface area contributed by atoms with Gasteiger partial charge in [0.15, 0.2) is 0 Å². The highest BCUT2D eigenvalue weighted by atomic mass is 32.1. The van der Waals surface area contributed by atoms with Crippen molar-refractivity contribution in [3.8, 4) is 5.75 Å². The number of aromatic nitrogens is 2. The van der Waals surface area contributed by atoms with E-state index in [4.69, 9.17) is 4.74 Å². The maximum absolute atomic E-state index is 5.38. The fourth-order valence-corrected chi connectivity index (χ4v) is 3.75. The third kappa shape index (κ3) is 3.02. The van der Waals surface area contributed by atoms with E-state index in [0.717, 1.165) is 23.3 Å². The van der Waals surface area contributed by atoms with Gasteiger partial charge in [0.2, 0.25) is 5.13 Å². The number of rotatable bonds is 5. The van der Waals surface area contributed by atoms with Crippen LogP contribution in [0.4, 0.5) is 5.13 Å². The second-order valence-corrected chi connectivity index (χ2v) is 6.47. The highest BCUT2D eigenvalue weighted by molar-refractivity contribution is 7.09. The molecule has 1 heterocycles. The zero-order chi connectivity index (χ0) is 14.7. The summed E-state index contributed by atoms with van der Waals surface area (Å²) in [5, 5.41) is 4.41. The van der Waals surface area contributed by atoms with Gasteiger partial charge in [0.25, 0.3) is 0 Å². The summed E-state index contributed by atoms with van der Waals surface area (Å²) >= 11 is 1.44. The predicted molar refractivity (Wildman–Crippen MR) is 86.3 cm³/mol. The SMILES string of the molecule is COc1cccc(C2(CNc3nc(C)ns3)CCCC2)c1. The van der Waals surface area contributed by atoms with Crippen LogP contribution in [0.1, 0.15) is 37.1 Å². The zero-order valence-electron chi connectivity index (χ0n) is 12.6. The first-order valence-corrected chi connectivity index (χ1v) is 8.18. The lowest BCUT2D eigenvalue weighted by Gasteiger charge is -2.30. The third-order valence-electron chi connectivity index (χ3n) is 4.35. The number of aryl methyl sites for hydroxylation is 1. The third-order valence-corrected chi connectivity index (χ3v) is 5.11. The molecule has 0 aliphatic heterocycles. The van der Waals surface area contributed by atoms with Gasteiger partial charge in [0, 0.05) is 23.5 Å². The van der Waals surface area contributed by atoms with Crippen LogP contribution in [0.5, 0.6) is 5.75 Å². The van der Waals surface area contributed by atoms with Gasteiger partial charge in [-0.25, -0.2) is 4.98 Å². The van der Waals surface area contributed by atoms with Gasteiger partial charge in [-0.2, -0.15) is 4.37 Å². The molecule has 1 aromatic heterocycles. The molecule has 1 saturated carbocycles. The van der Waals surface area contributed by atoms with Crippen molar-refractivity contribution in [2.24, 2.45) is 0 Å². The van der Waals surface area contributed by atoms with E-state index in [9.17, 15) is 0 Å². The van der Waals surface area contributed by atoms with Crippen LogP contribution in [0.15, 0.2) is 24.3 Å². The van der Waals surface area contributed by atoms with Crippen molar-refractivity contribution < 1.29 is 4.74 Å². The number of hydrogen-bond acceptors (Lipinski definition) is 5. The highest BCUT2D eigenvalue weighted by Gasteiger charge is 2.35. The normalized spacial score (nSPS) is 16.9. The first kappa shape index (κ1) is 14.3. The molecule has 0 atom stereocenters. The van der Waals surface area contributed by atoms with Crippen LogP contribution in [-0.2, 0) is 5.41 Å². The van der Waals surface area contributed by atoms with Gasteiger partial charge in [-0.15, -0.1) is 0 Å². The van der Waals surface area contributed by atoms with Crippen LogP contribution in [0.2, 0.25) is 0 Å². The van der Waals surface area contributed by atoms with Crippen molar-refractivity contribution in [1.29, 1.82) is 0 Å². The van der Waals surface area contributed by atoms with E-state index in [0.29, 0.717) is 0 Å². The minimum atomic E-state index is 0.189. The Morgan fingerprint density at radius 2 is 2.14 bits per heavy atom. The van der Waals surface area contributed by atoms with Crippen molar-refractivity contribution in [3.63, 3.8) is 0 Å². The molecule has 21 heavy (non-hydrogen) atoms. The lowest BCUT2D eigenvalue weighted by molar-refractivity contribution is 0.409. The molecule has 4 nitrogen and oxygen atoms in total. The monoisotopic (exact) mass is 303 g/mol. The molecule has 5 heteroatoms. The number of hydrogen-bond donors (Lipinski definition) is 1. The lowest BCUT2D eigenvalue weighted by Crippen LogP contribution is -2.31. The van der Waals surface area contributed by atoms with Crippen molar-refractivity contribution in [2.45, 2.75) is 38.0 Å². The molecule has 0 spiro atoms. The average Bonchev–Trinajstić information content (AvgIpc) is 3.15. The maximum Gasteiger partial charge on any atom is 0.202 e. The van der Waals surface area contributed by atoms with Crippen molar-refractivity contribution in [1.82, 2.24) is 9.36 Å². The molecule has 0 unspecified atom stereocenters. The minimum absolute atomic E-state index is 0.189. The Bertz CT molecular complexity index is 605. The van der Waals surface area contributed by atoms with Gasteiger partial charge in [0.05, 0.1) is 7.11 Å². The summed E-state index contributed by atoms with van der Waals surface area (Å²) in [6.07, 6.45) is 5.00. The number of methoxy groups -OCH3 is 1. The molecule has 3 rings (SSSR count). The topological polar surface area (TPSA) is 47.0 Å². The fourth-order valence-electron chi connectivity index (χ4n) is 3.19. The Hall–Kier alpha value is -1.62. The van der Waals surface area contributed by atoms with Crippen LogP contribution in [0, 0.1) is 6.92 Å². The van der Waals surface area contributed by atoms with Gasteiger partial charge in [-0.1, -0.05) is 25.0 Å². The molecule has 0 amide bonds. The number of nitrogens with zero attached hydrogens (tertiary/aromatic N) is 2. The van der Waals surface area contributed by atoms with E-state index >= 15 is 0 Å². The summed E-state index contributed by atoms with van der Waals surface area (Å²) in [5.41, 5.74) is 1.56. The Balaban J connectivity index is 1.81. The van der Waals surface area contributed by atoms with Crippen molar-refractivity contribution in [2.75, 3.05) is 19.0 Å². The average molecular weight is 303 g/mol. The van der Waals surface area contributed by atoms with Crippen LogP contribution >= 0.6 is 11.5 Å². The summed E-state index contributed by atoms with van der Waals surface area (Å²) in [7, 11) is 1.72. The first-order valence-electron chi connectivity index (χ1n) is 7.41. The molecule has 0 bridgehead atoms. The van der Waals surface area contributed by atoms with E-state index in [1.54, 1.807) is 7.11 Å². The van der Waals surface area contributed by atoms with Gasteiger partial charge in [-0.3, -0.25) is 0 Å². The summed E-state index contributed by atoms with van der Waals surface area (Å²) < 4.78 is 9.62. The van der Waals surface area contributed by atoms with Crippen LogP contribution in [0.25, 0.3) is 0 Å². The Morgan fingerprint density at radius 1 is 1.33 bits per heavy atom. The van der Waals surface area contributed by atoms with Gasteiger partial charge < -0.3 is 10.1 Å². The van der Waals surface area contributed by atoms with Gasteiger partial charge in [0.1, 0.15) is 11.6 Å². The van der Waals surface area contributed by atoms with Crippen molar-refractivity contribution >= 4 is 16.7 Å². The van der Waals surface area contributed by atoms with Gasteiger partial charge >= 0.3 is 0 Å². The standard InChI is InChI=1S/C16H21N3OS/c1-12-18-15(21-19-12)17-11-16(8-3-4-9-16)13-6-5-7-14(10-13)20-2/h5-7,10H,3-4,8-9,11H2,1-2H3,(H,17,18,19). The molecule has 2 aromatic rings. The molecule has 112 valence electrons. The summed E-state index contributed by atoms with van der Waals surface area (Å²) in [6.45, 7) is 2.84. The quantitative estimate of drug-likeness (QED) is 0.913. The van der Waals surface area contributed by atoms with E-state index in [-0.39, 0.29) is 5.41 Å². The molecular weight excluding hydrogens is 282 g/mol. The number of benzene rings is 1. The molecular formula is C16H21N3OS. The number of anilines is 1. The maximum atomic E-state index is 5.38. The van der Waals surface area contributed by atoms with Gasteiger partial charge in [-0.05, 0) is 37.5 Å². The van der Waals surface area contributed by atoms with Crippen LogP contribution in [0.3, 0.4) is 0 Å². The molecule has 1 aromatic carbocycles. The van der Waals surface area contributed by atoms with E-state index in [2.05, 4.69) is 32.9 Å². The Labute approximate surface area is 129 Å². The summed E-state index contributed by atoms with van der Waals surface area (Å²) in [4.78, 5) is 4.40. The molecule has 1 aliphatic carbocycles. The van der Waals surface area contributed by atoms with E-state index in [1.807, 2.05) is 13.0 Å². The number of nitrogens with one attached hydrogen (secondary N) is 1. The second-order valence-electron chi connectivity index (χ2n) is 5.72. The largest absolute Gasteiger partial charge is 0.497 e. The Kier molecular flexibility index (Phi) is 4.10. The zero-order valence-corrected chi connectivity index (χ0v) is 13.4. The van der Waals surface area contributed by atoms with E-state index in [1.165, 1.54) is 42.8 Å². The molecule has 1 fully saturated rings. The number of ether oxygens (including phenoxy) is 1. The predicted octanol–water partition coefficient (Wildman–Crippen LogP) is 3.78. The first-order chi connectivity index (χ1) is 10.2. The van der Waals surface area contributed by atoms with Crippen LogP contribution < -0.4 is 10.1 Å². The lowest BCUT2D eigenvalue weighted by atomic mass is 9.79. The smallest absolute Gasteiger partial charge is 0.202 e. The molecule has 0 radical (unpaired) electrons. The van der Waals surface area contributed by atoms with E-state index < -0.39 is 0 Å².